The van der Waals surface area contributed by atoms with Gasteiger partial charge in [0.2, 0.25) is 0 Å². The molecule has 2 aromatic carbocycles. The van der Waals surface area contributed by atoms with Crippen LogP contribution in [0.5, 0.6) is 11.5 Å². The summed E-state index contributed by atoms with van der Waals surface area (Å²) in [4.78, 5) is 4.52. The minimum absolute atomic E-state index is 0.0390. The number of halogens is 2. The second-order valence-electron chi connectivity index (χ2n) is 5.26. The molecule has 3 rings (SSSR count). The van der Waals surface area contributed by atoms with E-state index in [1.165, 1.54) is 24.5 Å². The molecule has 1 aromatic heterocycles. The van der Waals surface area contributed by atoms with E-state index in [9.17, 15) is 10.4 Å². The Morgan fingerprint density at radius 3 is 2.77 bits per heavy atom. The van der Waals surface area contributed by atoms with E-state index in [0.29, 0.717) is 32.1 Å². The van der Waals surface area contributed by atoms with Crippen LogP contribution in [0.25, 0.3) is 22.9 Å². The number of nitrogens with zero attached hydrogens (tertiary/aromatic N) is 2. The number of hydrogen-bond acceptors (Lipinski definition) is 5. The Kier molecular flexibility index (Phi) is 5.48. The van der Waals surface area contributed by atoms with E-state index in [4.69, 9.17) is 27.9 Å². The first kappa shape index (κ1) is 18.3. The molecule has 130 valence electrons. The van der Waals surface area contributed by atoms with E-state index >= 15 is 0 Å². The highest BCUT2D eigenvalue weighted by Gasteiger charge is 2.12. The molecule has 26 heavy (non-hydrogen) atoms. The van der Waals surface area contributed by atoms with E-state index in [1.54, 1.807) is 36.4 Å². The molecule has 1 heterocycles. The standard InChI is InChI=1S/C19H12Cl2N2O2S/c1-25-18-7-11(2-5-17(18)24)6-12(9-22)19-23-16(10-26-19)14-4-3-13(20)8-15(14)21/h2-8,10,24H,1H3/b12-6-. The molecule has 1 N–H and O–H groups in total. The van der Waals surface area contributed by atoms with Crippen LogP contribution in [0, 0.1) is 11.3 Å². The first-order valence-corrected chi connectivity index (χ1v) is 9.05. The number of phenols is 1. The number of aromatic nitrogens is 1. The lowest BCUT2D eigenvalue weighted by atomic mass is 10.1. The van der Waals surface area contributed by atoms with Crippen molar-refractivity contribution in [2.45, 2.75) is 0 Å². The summed E-state index contributed by atoms with van der Waals surface area (Å²) < 4.78 is 5.09. The van der Waals surface area contributed by atoms with E-state index in [-0.39, 0.29) is 5.75 Å². The maximum Gasteiger partial charge on any atom is 0.161 e. The van der Waals surface area contributed by atoms with Crippen molar-refractivity contribution in [1.82, 2.24) is 4.98 Å². The van der Waals surface area contributed by atoms with Crippen molar-refractivity contribution in [3.63, 3.8) is 0 Å². The highest BCUT2D eigenvalue weighted by molar-refractivity contribution is 7.11. The Balaban J connectivity index is 1.97. The molecule has 0 spiro atoms. The van der Waals surface area contributed by atoms with Crippen LogP contribution in [0.4, 0.5) is 0 Å². The lowest BCUT2D eigenvalue weighted by molar-refractivity contribution is 0.373. The summed E-state index contributed by atoms with van der Waals surface area (Å²) in [5.41, 5.74) is 2.55. The van der Waals surface area contributed by atoms with E-state index in [0.717, 1.165) is 11.1 Å². The maximum atomic E-state index is 9.68. The molecule has 0 aliphatic carbocycles. The summed E-state index contributed by atoms with van der Waals surface area (Å²) in [6.45, 7) is 0. The minimum atomic E-state index is 0.0390. The molecular formula is C19H12Cl2N2O2S. The average Bonchev–Trinajstić information content (AvgIpc) is 3.10. The molecule has 3 aromatic rings. The predicted molar refractivity (Wildman–Crippen MR) is 106 cm³/mol. The Hall–Kier alpha value is -2.52. The van der Waals surface area contributed by atoms with Gasteiger partial charge in [0, 0.05) is 16.0 Å². The summed E-state index contributed by atoms with van der Waals surface area (Å²) in [5.74, 6) is 0.376. The number of thiazole rings is 1. The highest BCUT2D eigenvalue weighted by atomic mass is 35.5. The molecule has 0 bridgehead atoms. The monoisotopic (exact) mass is 402 g/mol. The van der Waals surface area contributed by atoms with Crippen LogP contribution in [0.2, 0.25) is 10.0 Å². The van der Waals surface area contributed by atoms with Crippen LogP contribution in [-0.4, -0.2) is 17.2 Å². The van der Waals surface area contributed by atoms with Gasteiger partial charge < -0.3 is 9.84 Å². The van der Waals surface area contributed by atoms with Gasteiger partial charge in [-0.2, -0.15) is 5.26 Å². The van der Waals surface area contributed by atoms with Gasteiger partial charge in [0.1, 0.15) is 11.1 Å². The van der Waals surface area contributed by atoms with Gasteiger partial charge in [0.25, 0.3) is 0 Å². The van der Waals surface area contributed by atoms with Gasteiger partial charge in [-0.05, 0) is 42.0 Å². The zero-order valence-electron chi connectivity index (χ0n) is 13.5. The Bertz CT molecular complexity index is 1040. The van der Waals surface area contributed by atoms with Crippen LogP contribution in [0.15, 0.2) is 41.8 Å². The second kappa shape index (κ2) is 7.79. The third-order valence-corrected chi connectivity index (χ3v) is 5.00. The molecule has 0 amide bonds. The van der Waals surface area contributed by atoms with Crippen molar-refractivity contribution >= 4 is 46.2 Å². The number of allylic oxidation sites excluding steroid dienone is 1. The maximum absolute atomic E-state index is 9.68. The minimum Gasteiger partial charge on any atom is -0.504 e. The van der Waals surface area contributed by atoms with Gasteiger partial charge in [-0.1, -0.05) is 29.3 Å². The molecule has 0 unspecified atom stereocenters. The lowest BCUT2D eigenvalue weighted by Gasteiger charge is -2.04. The van der Waals surface area contributed by atoms with E-state index < -0.39 is 0 Å². The van der Waals surface area contributed by atoms with Crippen molar-refractivity contribution < 1.29 is 9.84 Å². The van der Waals surface area contributed by atoms with Crippen LogP contribution in [0.3, 0.4) is 0 Å². The summed E-state index contributed by atoms with van der Waals surface area (Å²) in [7, 11) is 1.47. The SMILES string of the molecule is COc1cc(/C=C(/C#N)c2nc(-c3ccc(Cl)cc3Cl)cs2)ccc1O. The number of benzene rings is 2. The third kappa shape index (κ3) is 3.83. The quantitative estimate of drug-likeness (QED) is 0.551. The fourth-order valence-electron chi connectivity index (χ4n) is 2.31. The molecule has 0 aliphatic rings. The first-order chi connectivity index (χ1) is 12.5. The molecule has 0 fully saturated rings. The molecule has 0 radical (unpaired) electrons. The van der Waals surface area contributed by atoms with E-state index in [1.807, 2.05) is 5.38 Å². The number of phenolic OH excluding ortho intramolecular Hbond substituents is 1. The number of hydrogen-bond donors (Lipinski definition) is 1. The van der Waals surface area contributed by atoms with Crippen LogP contribution in [0.1, 0.15) is 10.6 Å². The Morgan fingerprint density at radius 2 is 2.08 bits per heavy atom. The second-order valence-corrected chi connectivity index (χ2v) is 6.96. The molecule has 0 atom stereocenters. The van der Waals surface area contributed by atoms with Crippen molar-refractivity contribution in [2.24, 2.45) is 0 Å². The van der Waals surface area contributed by atoms with Crippen LogP contribution in [-0.2, 0) is 0 Å². The normalized spacial score (nSPS) is 11.2. The molecular weight excluding hydrogens is 391 g/mol. The summed E-state index contributed by atoms with van der Waals surface area (Å²) in [6, 6.07) is 12.2. The van der Waals surface area contributed by atoms with Gasteiger partial charge in [0.15, 0.2) is 11.5 Å². The number of nitriles is 1. The zero-order valence-corrected chi connectivity index (χ0v) is 15.9. The molecule has 7 heteroatoms. The van der Waals surface area contributed by atoms with Crippen molar-refractivity contribution in [2.75, 3.05) is 7.11 Å². The van der Waals surface area contributed by atoms with Crippen LogP contribution < -0.4 is 4.74 Å². The van der Waals surface area contributed by atoms with Gasteiger partial charge in [-0.25, -0.2) is 4.98 Å². The number of methoxy groups -OCH3 is 1. The summed E-state index contributed by atoms with van der Waals surface area (Å²) >= 11 is 13.5. The smallest absolute Gasteiger partial charge is 0.161 e. The number of rotatable bonds is 4. The fourth-order valence-corrected chi connectivity index (χ4v) is 3.60. The Morgan fingerprint density at radius 1 is 1.27 bits per heavy atom. The first-order valence-electron chi connectivity index (χ1n) is 7.42. The largest absolute Gasteiger partial charge is 0.504 e. The topological polar surface area (TPSA) is 66.1 Å². The molecule has 4 nitrogen and oxygen atoms in total. The lowest BCUT2D eigenvalue weighted by Crippen LogP contribution is -1.86. The predicted octanol–water partition coefficient (Wildman–Crippen LogP) is 5.90. The van der Waals surface area contributed by atoms with Crippen molar-refractivity contribution in [3.05, 3.63) is 62.4 Å². The van der Waals surface area contributed by atoms with Crippen molar-refractivity contribution in [3.8, 4) is 28.8 Å². The summed E-state index contributed by atoms with van der Waals surface area (Å²) in [5, 5.41) is 22.7. The molecule has 0 aliphatic heterocycles. The third-order valence-electron chi connectivity index (χ3n) is 3.58. The zero-order chi connectivity index (χ0) is 18.7. The van der Waals surface area contributed by atoms with Gasteiger partial charge in [-0.15, -0.1) is 11.3 Å². The van der Waals surface area contributed by atoms with Gasteiger partial charge in [-0.3, -0.25) is 0 Å². The van der Waals surface area contributed by atoms with Crippen LogP contribution >= 0.6 is 34.5 Å². The van der Waals surface area contributed by atoms with E-state index in [2.05, 4.69) is 11.1 Å². The summed E-state index contributed by atoms with van der Waals surface area (Å²) in [6.07, 6.45) is 1.69. The number of ether oxygens (including phenoxy) is 1. The van der Waals surface area contributed by atoms with Gasteiger partial charge >= 0.3 is 0 Å². The number of aromatic hydroxyl groups is 1. The van der Waals surface area contributed by atoms with Gasteiger partial charge in [0.05, 0.1) is 23.4 Å². The molecule has 0 saturated heterocycles. The molecule has 0 saturated carbocycles. The average molecular weight is 403 g/mol. The van der Waals surface area contributed by atoms with Crippen molar-refractivity contribution in [1.29, 1.82) is 5.26 Å². The Labute approximate surface area is 164 Å². The fraction of sp³-hybridized carbons (Fsp3) is 0.0526. The highest BCUT2D eigenvalue weighted by Crippen LogP contribution is 2.33.